The Morgan fingerprint density at radius 2 is 2.15 bits per heavy atom. The molecule has 0 radical (unpaired) electrons. The van der Waals surface area contributed by atoms with Gasteiger partial charge in [-0.15, -0.1) is 0 Å². The Balaban J connectivity index is 2.05. The largest absolute Gasteiger partial charge is 0.399 e. The van der Waals surface area contributed by atoms with Gasteiger partial charge in [0.2, 0.25) is 0 Å². The number of hydrogen-bond donors (Lipinski definition) is 3. The van der Waals surface area contributed by atoms with Crippen LogP contribution in [0.5, 0.6) is 0 Å². The van der Waals surface area contributed by atoms with Gasteiger partial charge >= 0.3 is 0 Å². The van der Waals surface area contributed by atoms with Crippen LogP contribution in [0.4, 0.5) is 11.5 Å². The van der Waals surface area contributed by atoms with Crippen LogP contribution in [-0.4, -0.2) is 23.2 Å². The number of sulfonamides is 1. The molecule has 0 amide bonds. The van der Waals surface area contributed by atoms with E-state index in [2.05, 4.69) is 14.8 Å². The second-order valence-corrected chi connectivity index (χ2v) is 6.09. The minimum absolute atomic E-state index is 0.165. The minimum Gasteiger partial charge on any atom is -0.399 e. The first-order valence-corrected chi connectivity index (χ1v) is 7.33. The molecule has 0 spiro atoms. The summed E-state index contributed by atoms with van der Waals surface area (Å²) in [6, 6.07) is 6.61. The Labute approximate surface area is 115 Å². The van der Waals surface area contributed by atoms with Gasteiger partial charge in [0.25, 0.3) is 10.0 Å². The molecule has 1 aromatic carbocycles. The first-order chi connectivity index (χ1) is 9.45. The molecule has 0 saturated heterocycles. The monoisotopic (exact) mass is 291 g/mol. The number of nitrogens with zero attached hydrogens (tertiary/aromatic N) is 2. The topological polar surface area (TPSA) is 106 Å². The normalized spacial score (nSPS) is 11.8. The Hall–Kier alpha value is -2.48. The molecule has 0 saturated carbocycles. The lowest BCUT2D eigenvalue weighted by atomic mass is 10.2. The number of nitrogen functional groups attached to an aromatic ring is 1. The molecule has 0 aliphatic rings. The molecule has 2 heterocycles. The number of H-pyrrole nitrogens is 1. The predicted molar refractivity (Wildman–Crippen MR) is 76.7 cm³/mol. The molecular formula is C12H13N5O2S. The molecule has 0 bridgehead atoms. The molecule has 0 unspecified atom stereocenters. The number of fused-ring (bicyclic) bond motifs is 1. The fourth-order valence-corrected chi connectivity index (χ4v) is 3.18. The highest BCUT2D eigenvalue weighted by Gasteiger charge is 2.20. The molecule has 3 aromatic rings. The van der Waals surface area contributed by atoms with Gasteiger partial charge in [0, 0.05) is 42.1 Å². The number of anilines is 2. The van der Waals surface area contributed by atoms with Gasteiger partial charge in [-0.1, -0.05) is 0 Å². The van der Waals surface area contributed by atoms with Gasteiger partial charge in [-0.05, 0) is 18.2 Å². The molecule has 2 aromatic heterocycles. The van der Waals surface area contributed by atoms with E-state index in [9.17, 15) is 8.42 Å². The van der Waals surface area contributed by atoms with Crippen molar-refractivity contribution in [2.75, 3.05) is 10.5 Å². The number of aromatic nitrogens is 3. The van der Waals surface area contributed by atoms with Crippen molar-refractivity contribution in [1.29, 1.82) is 0 Å². The number of benzene rings is 1. The van der Waals surface area contributed by atoms with Crippen LogP contribution in [0, 0.1) is 0 Å². The summed E-state index contributed by atoms with van der Waals surface area (Å²) in [5.74, 6) is 0.275. The Kier molecular flexibility index (Phi) is 2.68. The maximum Gasteiger partial charge on any atom is 0.265 e. The maximum absolute atomic E-state index is 12.4. The molecule has 7 nitrogen and oxygen atoms in total. The van der Waals surface area contributed by atoms with Crippen molar-refractivity contribution < 1.29 is 8.42 Å². The zero-order valence-electron chi connectivity index (χ0n) is 10.7. The Morgan fingerprint density at radius 3 is 2.85 bits per heavy atom. The lowest BCUT2D eigenvalue weighted by Gasteiger charge is -2.04. The van der Waals surface area contributed by atoms with Gasteiger partial charge in [0.05, 0.1) is 0 Å². The highest BCUT2D eigenvalue weighted by atomic mass is 32.2. The summed E-state index contributed by atoms with van der Waals surface area (Å²) in [5.41, 5.74) is 6.91. The maximum atomic E-state index is 12.4. The SMILES string of the molecule is Cn1ccc(NS(=O)(=O)c2c[nH]c3cc(N)ccc23)n1. The van der Waals surface area contributed by atoms with E-state index in [1.54, 1.807) is 37.5 Å². The smallest absolute Gasteiger partial charge is 0.265 e. The van der Waals surface area contributed by atoms with Crippen LogP contribution >= 0.6 is 0 Å². The van der Waals surface area contributed by atoms with Gasteiger partial charge in [0.15, 0.2) is 5.82 Å². The molecule has 4 N–H and O–H groups in total. The summed E-state index contributed by atoms with van der Waals surface area (Å²) in [7, 11) is -1.98. The highest BCUT2D eigenvalue weighted by molar-refractivity contribution is 7.93. The van der Waals surface area contributed by atoms with Crippen molar-refractivity contribution in [1.82, 2.24) is 14.8 Å². The van der Waals surface area contributed by atoms with Crippen molar-refractivity contribution in [3.05, 3.63) is 36.7 Å². The van der Waals surface area contributed by atoms with Gasteiger partial charge in [-0.3, -0.25) is 9.40 Å². The highest BCUT2D eigenvalue weighted by Crippen LogP contribution is 2.25. The van der Waals surface area contributed by atoms with E-state index in [4.69, 9.17) is 5.73 Å². The van der Waals surface area contributed by atoms with E-state index in [0.29, 0.717) is 16.6 Å². The van der Waals surface area contributed by atoms with Gasteiger partial charge < -0.3 is 10.7 Å². The molecule has 104 valence electrons. The first kappa shape index (κ1) is 12.5. The zero-order valence-corrected chi connectivity index (χ0v) is 11.5. The van der Waals surface area contributed by atoms with E-state index >= 15 is 0 Å². The van der Waals surface area contributed by atoms with E-state index in [-0.39, 0.29) is 10.7 Å². The van der Waals surface area contributed by atoms with Crippen LogP contribution in [-0.2, 0) is 17.1 Å². The van der Waals surface area contributed by atoms with Gasteiger partial charge in [-0.25, -0.2) is 8.42 Å². The third kappa shape index (κ3) is 2.10. The minimum atomic E-state index is -3.69. The number of rotatable bonds is 3. The van der Waals surface area contributed by atoms with Gasteiger partial charge in [0.1, 0.15) is 4.90 Å². The van der Waals surface area contributed by atoms with Crippen LogP contribution in [0.2, 0.25) is 0 Å². The summed E-state index contributed by atoms with van der Waals surface area (Å²) in [5, 5.41) is 4.58. The average molecular weight is 291 g/mol. The third-order valence-electron chi connectivity index (χ3n) is 2.91. The Morgan fingerprint density at radius 1 is 1.35 bits per heavy atom. The van der Waals surface area contributed by atoms with Crippen molar-refractivity contribution in [3.8, 4) is 0 Å². The number of aromatic amines is 1. The number of hydrogen-bond acceptors (Lipinski definition) is 4. The molecule has 0 aliphatic carbocycles. The van der Waals surface area contributed by atoms with E-state index < -0.39 is 10.0 Å². The fraction of sp³-hybridized carbons (Fsp3) is 0.0833. The predicted octanol–water partition coefficient (Wildman–Crippen LogP) is 1.28. The number of nitrogens with one attached hydrogen (secondary N) is 2. The van der Waals surface area contributed by atoms with E-state index in [0.717, 1.165) is 0 Å². The summed E-state index contributed by atoms with van der Waals surface area (Å²) in [4.78, 5) is 3.07. The molecule has 0 aliphatic heterocycles. The van der Waals surface area contributed by atoms with Crippen molar-refractivity contribution in [2.24, 2.45) is 7.05 Å². The van der Waals surface area contributed by atoms with Crippen LogP contribution in [0.25, 0.3) is 10.9 Å². The lowest BCUT2D eigenvalue weighted by molar-refractivity contribution is 0.601. The molecule has 0 fully saturated rings. The summed E-state index contributed by atoms with van der Waals surface area (Å²) in [6.07, 6.45) is 3.10. The zero-order chi connectivity index (χ0) is 14.3. The van der Waals surface area contributed by atoms with Crippen molar-refractivity contribution >= 4 is 32.4 Å². The second kappa shape index (κ2) is 4.27. The quantitative estimate of drug-likeness (QED) is 0.632. The van der Waals surface area contributed by atoms with Gasteiger partial charge in [-0.2, -0.15) is 5.10 Å². The molecule has 20 heavy (non-hydrogen) atoms. The third-order valence-corrected chi connectivity index (χ3v) is 4.30. The van der Waals surface area contributed by atoms with Crippen LogP contribution < -0.4 is 10.5 Å². The van der Waals surface area contributed by atoms with Crippen LogP contribution in [0.1, 0.15) is 0 Å². The molecule has 0 atom stereocenters. The van der Waals surface area contributed by atoms with Crippen molar-refractivity contribution in [3.63, 3.8) is 0 Å². The van der Waals surface area contributed by atoms with E-state index in [1.807, 2.05) is 0 Å². The fourth-order valence-electron chi connectivity index (χ4n) is 2.00. The van der Waals surface area contributed by atoms with Crippen LogP contribution in [0.3, 0.4) is 0 Å². The molecule has 8 heteroatoms. The number of nitrogens with two attached hydrogens (primary N) is 1. The summed E-state index contributed by atoms with van der Waals surface area (Å²) in [6.45, 7) is 0. The lowest BCUT2D eigenvalue weighted by Crippen LogP contribution is -2.13. The molecular weight excluding hydrogens is 278 g/mol. The first-order valence-electron chi connectivity index (χ1n) is 5.85. The van der Waals surface area contributed by atoms with Crippen LogP contribution in [0.15, 0.2) is 41.6 Å². The molecule has 3 rings (SSSR count). The van der Waals surface area contributed by atoms with E-state index in [1.165, 1.54) is 10.9 Å². The summed E-state index contributed by atoms with van der Waals surface area (Å²) < 4.78 is 28.7. The number of aryl methyl sites for hydroxylation is 1. The Bertz CT molecular complexity index is 878. The van der Waals surface area contributed by atoms with Crippen molar-refractivity contribution in [2.45, 2.75) is 4.90 Å². The standard InChI is InChI=1S/C12H13N5O2S/c1-17-5-4-12(15-17)16-20(18,19)11-7-14-10-6-8(13)2-3-9(10)11/h2-7,14H,13H2,1H3,(H,15,16). The summed E-state index contributed by atoms with van der Waals surface area (Å²) >= 11 is 0. The average Bonchev–Trinajstić information content (AvgIpc) is 2.94. The second-order valence-electron chi connectivity index (χ2n) is 4.44.